The fourth-order valence-corrected chi connectivity index (χ4v) is 1.66. The lowest BCUT2D eigenvalue weighted by atomic mass is 10.0. The summed E-state index contributed by atoms with van der Waals surface area (Å²) in [5.41, 5.74) is 0.749. The quantitative estimate of drug-likeness (QED) is 0.779. The van der Waals surface area contributed by atoms with Crippen LogP contribution in [0.25, 0.3) is 0 Å². The maximum Gasteiger partial charge on any atom is 0.124 e. The first-order valence-corrected chi connectivity index (χ1v) is 5.43. The van der Waals surface area contributed by atoms with Crippen molar-refractivity contribution < 1.29 is 14.2 Å². The summed E-state index contributed by atoms with van der Waals surface area (Å²) in [6, 6.07) is 4.35. The van der Waals surface area contributed by atoms with E-state index in [0.29, 0.717) is 18.8 Å². The van der Waals surface area contributed by atoms with Gasteiger partial charge in [0.2, 0.25) is 0 Å². The van der Waals surface area contributed by atoms with Gasteiger partial charge in [0.15, 0.2) is 0 Å². The van der Waals surface area contributed by atoms with Crippen molar-refractivity contribution in [2.24, 2.45) is 0 Å². The Bertz CT molecular complexity index is 331. The zero-order valence-corrected chi connectivity index (χ0v) is 9.66. The lowest BCUT2D eigenvalue weighted by molar-refractivity contribution is 0.265. The van der Waals surface area contributed by atoms with Gasteiger partial charge in [-0.05, 0) is 38.6 Å². The number of aliphatic hydroxyl groups excluding tert-OH is 1. The molecule has 0 bridgehead atoms. The van der Waals surface area contributed by atoms with Crippen molar-refractivity contribution in [3.63, 3.8) is 0 Å². The summed E-state index contributed by atoms with van der Waals surface area (Å²) in [5, 5.41) is 12.0. The standard InChI is InChI=1S/C12H18FNO2/c1-3-16-12-5-4-9(13)8-10(12)11(14-2)6-7-15/h4-5,8,11,14-15H,3,6-7H2,1-2H3. The van der Waals surface area contributed by atoms with Gasteiger partial charge in [0, 0.05) is 18.2 Å². The number of halogens is 1. The van der Waals surface area contributed by atoms with Crippen LogP contribution in [0, 0.1) is 5.82 Å². The molecule has 1 unspecified atom stereocenters. The molecule has 0 radical (unpaired) electrons. The van der Waals surface area contributed by atoms with Crippen molar-refractivity contribution in [2.75, 3.05) is 20.3 Å². The summed E-state index contributed by atoms with van der Waals surface area (Å²) in [6.07, 6.45) is 0.528. The molecule has 0 amide bonds. The third-order valence-corrected chi connectivity index (χ3v) is 2.41. The van der Waals surface area contributed by atoms with Crippen LogP contribution in [0.3, 0.4) is 0 Å². The molecule has 1 aromatic rings. The number of benzene rings is 1. The summed E-state index contributed by atoms with van der Waals surface area (Å²) in [4.78, 5) is 0. The molecule has 0 spiro atoms. The highest BCUT2D eigenvalue weighted by Crippen LogP contribution is 2.27. The lowest BCUT2D eigenvalue weighted by Gasteiger charge is -2.19. The number of ether oxygens (including phenoxy) is 1. The van der Waals surface area contributed by atoms with Crippen molar-refractivity contribution in [1.29, 1.82) is 0 Å². The van der Waals surface area contributed by atoms with E-state index in [-0.39, 0.29) is 18.5 Å². The normalized spacial score (nSPS) is 12.5. The first-order chi connectivity index (χ1) is 7.72. The van der Waals surface area contributed by atoms with Gasteiger partial charge in [0.25, 0.3) is 0 Å². The van der Waals surface area contributed by atoms with Gasteiger partial charge in [-0.25, -0.2) is 4.39 Å². The van der Waals surface area contributed by atoms with E-state index >= 15 is 0 Å². The molecule has 90 valence electrons. The fraction of sp³-hybridized carbons (Fsp3) is 0.500. The summed E-state index contributed by atoms with van der Waals surface area (Å²) >= 11 is 0. The summed E-state index contributed by atoms with van der Waals surface area (Å²) in [5.74, 6) is 0.369. The third kappa shape index (κ3) is 3.18. The molecule has 0 heterocycles. The first kappa shape index (κ1) is 12.9. The molecule has 2 N–H and O–H groups in total. The summed E-state index contributed by atoms with van der Waals surface area (Å²) < 4.78 is 18.6. The molecule has 0 aliphatic rings. The number of hydrogen-bond donors (Lipinski definition) is 2. The smallest absolute Gasteiger partial charge is 0.124 e. The Labute approximate surface area is 95.2 Å². The largest absolute Gasteiger partial charge is 0.494 e. The van der Waals surface area contributed by atoms with E-state index in [2.05, 4.69) is 5.32 Å². The molecular formula is C12H18FNO2. The highest BCUT2D eigenvalue weighted by Gasteiger charge is 2.14. The van der Waals surface area contributed by atoms with Crippen LogP contribution >= 0.6 is 0 Å². The average molecular weight is 227 g/mol. The highest BCUT2D eigenvalue weighted by molar-refractivity contribution is 5.36. The van der Waals surface area contributed by atoms with E-state index in [4.69, 9.17) is 9.84 Å². The molecule has 0 aromatic heterocycles. The van der Waals surface area contributed by atoms with Crippen molar-refractivity contribution in [3.8, 4) is 5.75 Å². The van der Waals surface area contributed by atoms with Crippen molar-refractivity contribution in [2.45, 2.75) is 19.4 Å². The van der Waals surface area contributed by atoms with Crippen LogP contribution in [0.15, 0.2) is 18.2 Å². The zero-order chi connectivity index (χ0) is 12.0. The second kappa shape index (κ2) is 6.45. The van der Waals surface area contributed by atoms with E-state index in [9.17, 15) is 4.39 Å². The minimum Gasteiger partial charge on any atom is -0.494 e. The molecule has 0 saturated carbocycles. The molecule has 3 nitrogen and oxygen atoms in total. The Kier molecular flexibility index (Phi) is 5.22. The van der Waals surface area contributed by atoms with Crippen LogP contribution in [0.2, 0.25) is 0 Å². The Morgan fingerprint density at radius 3 is 2.81 bits per heavy atom. The fourth-order valence-electron chi connectivity index (χ4n) is 1.66. The van der Waals surface area contributed by atoms with Gasteiger partial charge in [-0.1, -0.05) is 0 Å². The van der Waals surface area contributed by atoms with Crippen LogP contribution in [0.4, 0.5) is 4.39 Å². The van der Waals surface area contributed by atoms with Gasteiger partial charge in [0.05, 0.1) is 6.61 Å². The monoisotopic (exact) mass is 227 g/mol. The maximum atomic E-state index is 13.2. The Hall–Kier alpha value is -1.13. The van der Waals surface area contributed by atoms with Gasteiger partial charge >= 0.3 is 0 Å². The van der Waals surface area contributed by atoms with Gasteiger partial charge in [0.1, 0.15) is 11.6 Å². The summed E-state index contributed by atoms with van der Waals surface area (Å²) in [6.45, 7) is 2.47. The first-order valence-electron chi connectivity index (χ1n) is 5.43. The Morgan fingerprint density at radius 1 is 1.50 bits per heavy atom. The van der Waals surface area contributed by atoms with Crippen molar-refractivity contribution >= 4 is 0 Å². The zero-order valence-electron chi connectivity index (χ0n) is 9.66. The molecule has 0 aliphatic carbocycles. The van der Waals surface area contributed by atoms with E-state index in [1.807, 2.05) is 6.92 Å². The van der Waals surface area contributed by atoms with Crippen molar-refractivity contribution in [3.05, 3.63) is 29.6 Å². The van der Waals surface area contributed by atoms with E-state index in [0.717, 1.165) is 5.56 Å². The molecule has 1 atom stereocenters. The van der Waals surface area contributed by atoms with Crippen LogP contribution in [-0.2, 0) is 0 Å². The lowest BCUT2D eigenvalue weighted by Crippen LogP contribution is -2.18. The molecule has 1 rings (SSSR count). The second-order valence-electron chi connectivity index (χ2n) is 3.47. The molecule has 0 fully saturated rings. The predicted molar refractivity (Wildman–Crippen MR) is 61.1 cm³/mol. The summed E-state index contributed by atoms with van der Waals surface area (Å²) in [7, 11) is 1.78. The van der Waals surface area contributed by atoms with Gasteiger partial charge < -0.3 is 15.2 Å². The topological polar surface area (TPSA) is 41.5 Å². The maximum absolute atomic E-state index is 13.2. The molecule has 0 aliphatic heterocycles. The van der Waals surface area contributed by atoms with Crippen LogP contribution in [0.5, 0.6) is 5.75 Å². The molecule has 1 aromatic carbocycles. The minimum atomic E-state index is -0.295. The molecule has 0 saturated heterocycles. The van der Waals surface area contributed by atoms with E-state index < -0.39 is 0 Å². The number of rotatable bonds is 6. The number of aliphatic hydroxyl groups is 1. The average Bonchev–Trinajstić information content (AvgIpc) is 2.29. The minimum absolute atomic E-state index is 0.0492. The van der Waals surface area contributed by atoms with Gasteiger partial charge in [-0.3, -0.25) is 0 Å². The third-order valence-electron chi connectivity index (χ3n) is 2.41. The molecule has 4 heteroatoms. The van der Waals surface area contributed by atoms with Crippen LogP contribution in [-0.4, -0.2) is 25.4 Å². The van der Waals surface area contributed by atoms with Gasteiger partial charge in [-0.2, -0.15) is 0 Å². The highest BCUT2D eigenvalue weighted by atomic mass is 19.1. The van der Waals surface area contributed by atoms with E-state index in [1.54, 1.807) is 13.1 Å². The van der Waals surface area contributed by atoms with Crippen LogP contribution < -0.4 is 10.1 Å². The SMILES string of the molecule is CCOc1ccc(F)cc1C(CCO)NC. The molecular weight excluding hydrogens is 209 g/mol. The Balaban J connectivity index is 3.01. The van der Waals surface area contributed by atoms with Crippen molar-refractivity contribution in [1.82, 2.24) is 5.32 Å². The second-order valence-corrected chi connectivity index (χ2v) is 3.47. The molecule has 16 heavy (non-hydrogen) atoms. The number of hydrogen-bond acceptors (Lipinski definition) is 3. The van der Waals surface area contributed by atoms with Gasteiger partial charge in [-0.15, -0.1) is 0 Å². The predicted octanol–water partition coefficient (Wildman–Crippen LogP) is 1.87. The van der Waals surface area contributed by atoms with E-state index in [1.165, 1.54) is 12.1 Å². The number of nitrogens with one attached hydrogen (secondary N) is 1. The Morgan fingerprint density at radius 2 is 2.25 bits per heavy atom. The van der Waals surface area contributed by atoms with Crippen LogP contribution in [0.1, 0.15) is 24.9 Å².